The lowest BCUT2D eigenvalue weighted by molar-refractivity contribution is 0.188. The van der Waals surface area contributed by atoms with E-state index in [0.717, 1.165) is 30.6 Å². The molecule has 0 amide bonds. The van der Waals surface area contributed by atoms with Crippen LogP contribution >= 0.6 is 0 Å². The number of nitrogens with zero attached hydrogens (tertiary/aromatic N) is 3. The molecule has 20 heavy (non-hydrogen) atoms. The van der Waals surface area contributed by atoms with Gasteiger partial charge in [-0.15, -0.1) is 0 Å². The molecule has 1 aromatic heterocycles. The minimum atomic E-state index is 0.546. The second-order valence-corrected chi connectivity index (χ2v) is 5.91. The Morgan fingerprint density at radius 2 is 2.15 bits per heavy atom. The van der Waals surface area contributed by atoms with Crippen LogP contribution in [0.3, 0.4) is 0 Å². The van der Waals surface area contributed by atoms with Crippen molar-refractivity contribution in [1.29, 1.82) is 0 Å². The maximum Gasteiger partial charge on any atom is 0.147 e. The van der Waals surface area contributed by atoms with Crippen LogP contribution in [0.2, 0.25) is 0 Å². The van der Waals surface area contributed by atoms with E-state index in [2.05, 4.69) is 32.4 Å². The third-order valence-corrected chi connectivity index (χ3v) is 4.36. The number of piperidine rings is 1. The normalized spacial score (nSPS) is 26.2. The molecule has 2 saturated heterocycles. The third kappa shape index (κ3) is 3.20. The molecule has 5 heteroatoms. The van der Waals surface area contributed by atoms with E-state index in [0.29, 0.717) is 6.04 Å². The largest absolute Gasteiger partial charge is 0.369 e. The van der Waals surface area contributed by atoms with Crippen molar-refractivity contribution in [2.24, 2.45) is 0 Å². The Labute approximate surface area is 121 Å². The van der Waals surface area contributed by atoms with E-state index in [-0.39, 0.29) is 0 Å². The predicted octanol–water partition coefficient (Wildman–Crippen LogP) is 2.34. The Morgan fingerprint density at radius 1 is 1.25 bits per heavy atom. The highest BCUT2D eigenvalue weighted by Crippen LogP contribution is 2.28. The number of hydrogen-bond acceptors (Lipinski definition) is 5. The Hall–Kier alpha value is -1.36. The number of nitrogens with one attached hydrogen (secondary N) is 2. The summed E-state index contributed by atoms with van der Waals surface area (Å²) in [5, 5.41) is 6.86. The zero-order valence-corrected chi connectivity index (χ0v) is 12.3. The summed E-state index contributed by atoms with van der Waals surface area (Å²) in [5.74, 6) is 1.78. The monoisotopic (exact) mass is 275 g/mol. The van der Waals surface area contributed by atoms with Gasteiger partial charge in [0.25, 0.3) is 0 Å². The average Bonchev–Trinajstić information content (AvgIpc) is 2.93. The maximum absolute atomic E-state index is 4.59. The fourth-order valence-electron chi connectivity index (χ4n) is 3.34. The second kappa shape index (κ2) is 6.39. The summed E-state index contributed by atoms with van der Waals surface area (Å²) in [5.41, 5.74) is 0. The van der Waals surface area contributed by atoms with Crippen molar-refractivity contribution in [1.82, 2.24) is 14.9 Å². The molecule has 0 aromatic carbocycles. The Balaban J connectivity index is 1.57. The minimum absolute atomic E-state index is 0.546. The van der Waals surface area contributed by atoms with Crippen molar-refractivity contribution in [3.05, 3.63) is 12.4 Å². The molecule has 2 atom stereocenters. The third-order valence-electron chi connectivity index (χ3n) is 4.36. The van der Waals surface area contributed by atoms with Gasteiger partial charge in [0.2, 0.25) is 0 Å². The highest BCUT2D eigenvalue weighted by Gasteiger charge is 2.31. The Kier molecular flexibility index (Phi) is 4.35. The van der Waals surface area contributed by atoms with Gasteiger partial charge in [0.15, 0.2) is 0 Å². The molecule has 0 aliphatic carbocycles. The van der Waals surface area contributed by atoms with Crippen molar-refractivity contribution in [3.8, 4) is 0 Å². The van der Waals surface area contributed by atoms with Gasteiger partial charge in [0, 0.05) is 25.2 Å². The van der Waals surface area contributed by atoms with Crippen LogP contribution in [0.5, 0.6) is 0 Å². The highest BCUT2D eigenvalue weighted by molar-refractivity contribution is 5.42. The van der Waals surface area contributed by atoms with E-state index < -0.39 is 0 Å². The average molecular weight is 275 g/mol. The fraction of sp³-hybridized carbons (Fsp3) is 0.733. The lowest BCUT2D eigenvalue weighted by Gasteiger charge is -2.35. The molecule has 2 N–H and O–H groups in total. The Morgan fingerprint density at radius 3 is 3.05 bits per heavy atom. The molecule has 0 radical (unpaired) electrons. The first-order valence-corrected chi connectivity index (χ1v) is 7.91. The summed E-state index contributed by atoms with van der Waals surface area (Å²) >= 11 is 0. The van der Waals surface area contributed by atoms with Crippen LogP contribution in [0.15, 0.2) is 12.4 Å². The first kappa shape index (κ1) is 13.6. The molecule has 5 nitrogen and oxygen atoms in total. The van der Waals surface area contributed by atoms with E-state index in [9.17, 15) is 0 Å². The zero-order valence-electron chi connectivity index (χ0n) is 12.3. The van der Waals surface area contributed by atoms with Crippen LogP contribution in [-0.4, -0.2) is 46.6 Å². The predicted molar refractivity (Wildman–Crippen MR) is 82.1 cm³/mol. The first-order chi connectivity index (χ1) is 9.85. The van der Waals surface area contributed by atoms with Gasteiger partial charge >= 0.3 is 0 Å². The number of hydrogen-bond donors (Lipinski definition) is 2. The fourth-order valence-corrected chi connectivity index (χ4v) is 3.34. The van der Waals surface area contributed by atoms with Crippen molar-refractivity contribution < 1.29 is 0 Å². The van der Waals surface area contributed by atoms with Gasteiger partial charge in [-0.1, -0.05) is 6.92 Å². The van der Waals surface area contributed by atoms with E-state index in [1.165, 1.54) is 38.8 Å². The summed E-state index contributed by atoms with van der Waals surface area (Å²) in [6.45, 7) is 5.62. The number of anilines is 2. The van der Waals surface area contributed by atoms with Gasteiger partial charge in [-0.3, -0.25) is 4.98 Å². The topological polar surface area (TPSA) is 53.1 Å². The molecule has 2 fully saturated rings. The second-order valence-electron chi connectivity index (χ2n) is 5.91. The van der Waals surface area contributed by atoms with Crippen molar-refractivity contribution >= 4 is 11.6 Å². The van der Waals surface area contributed by atoms with Crippen molar-refractivity contribution in [2.45, 2.75) is 51.1 Å². The van der Waals surface area contributed by atoms with Gasteiger partial charge in [-0.25, -0.2) is 4.98 Å². The standard InChI is InChI=1S/C15H25N5/c1-2-6-17-14-10-16-11-15(19-14)18-12-5-8-20-7-3-4-13(20)9-12/h10-13H,2-9H2,1H3,(H2,17,18,19). The summed E-state index contributed by atoms with van der Waals surface area (Å²) in [4.78, 5) is 11.5. The molecule has 2 unspecified atom stereocenters. The van der Waals surface area contributed by atoms with Gasteiger partial charge < -0.3 is 15.5 Å². The van der Waals surface area contributed by atoms with Gasteiger partial charge in [-0.05, 0) is 38.6 Å². The van der Waals surface area contributed by atoms with Crippen LogP contribution in [0.1, 0.15) is 39.0 Å². The summed E-state index contributed by atoms with van der Waals surface area (Å²) in [7, 11) is 0. The lowest BCUT2D eigenvalue weighted by atomic mass is 9.98. The van der Waals surface area contributed by atoms with Gasteiger partial charge in [0.1, 0.15) is 11.6 Å². The van der Waals surface area contributed by atoms with Gasteiger partial charge in [0.05, 0.1) is 12.4 Å². The van der Waals surface area contributed by atoms with Crippen LogP contribution in [0, 0.1) is 0 Å². The smallest absolute Gasteiger partial charge is 0.147 e. The minimum Gasteiger partial charge on any atom is -0.369 e. The quantitative estimate of drug-likeness (QED) is 0.864. The lowest BCUT2D eigenvalue weighted by Crippen LogP contribution is -2.42. The van der Waals surface area contributed by atoms with Crippen LogP contribution < -0.4 is 10.6 Å². The zero-order chi connectivity index (χ0) is 13.8. The molecule has 3 rings (SSSR count). The number of aromatic nitrogens is 2. The summed E-state index contributed by atoms with van der Waals surface area (Å²) in [6.07, 6.45) is 9.91. The van der Waals surface area contributed by atoms with Crippen LogP contribution in [0.25, 0.3) is 0 Å². The van der Waals surface area contributed by atoms with Crippen LogP contribution in [0.4, 0.5) is 11.6 Å². The molecule has 3 heterocycles. The molecule has 1 aromatic rings. The SMILES string of the molecule is CCCNc1cncc(NC2CCN3CCCC3C2)n1. The molecule has 0 bridgehead atoms. The first-order valence-electron chi connectivity index (χ1n) is 7.91. The summed E-state index contributed by atoms with van der Waals surface area (Å²) in [6, 6.07) is 1.33. The van der Waals surface area contributed by atoms with Crippen molar-refractivity contribution in [3.63, 3.8) is 0 Å². The molecule has 2 aliphatic heterocycles. The Bertz CT molecular complexity index is 436. The van der Waals surface area contributed by atoms with Crippen molar-refractivity contribution in [2.75, 3.05) is 30.3 Å². The maximum atomic E-state index is 4.59. The molecule has 110 valence electrons. The van der Waals surface area contributed by atoms with Gasteiger partial charge in [-0.2, -0.15) is 0 Å². The molecular weight excluding hydrogens is 250 g/mol. The highest BCUT2D eigenvalue weighted by atomic mass is 15.2. The van der Waals surface area contributed by atoms with E-state index >= 15 is 0 Å². The molecular formula is C15H25N5. The van der Waals surface area contributed by atoms with Crippen LogP contribution in [-0.2, 0) is 0 Å². The number of fused-ring (bicyclic) bond motifs is 1. The van der Waals surface area contributed by atoms with E-state index in [1.807, 2.05) is 6.20 Å². The van der Waals surface area contributed by atoms with E-state index in [4.69, 9.17) is 0 Å². The number of rotatable bonds is 5. The molecule has 0 spiro atoms. The molecule has 2 aliphatic rings. The van der Waals surface area contributed by atoms with E-state index in [1.54, 1.807) is 6.20 Å². The summed E-state index contributed by atoms with van der Waals surface area (Å²) < 4.78 is 0. The molecule has 0 saturated carbocycles.